The molecule has 0 spiro atoms. The van der Waals surface area contributed by atoms with Crippen molar-refractivity contribution < 1.29 is 0 Å². The summed E-state index contributed by atoms with van der Waals surface area (Å²) in [6.45, 7) is 13.2. The standard InChI is InChI=1S/C18H37N/c1-6-10-15(3)14-17(19-13-7-2)16-11-8-9-12-18(16,4)5/h15-17,19H,6-14H2,1-5H3. The number of hydrogen-bond donors (Lipinski definition) is 1. The molecule has 0 amide bonds. The van der Waals surface area contributed by atoms with Crippen LogP contribution in [0, 0.1) is 17.3 Å². The Morgan fingerprint density at radius 3 is 2.47 bits per heavy atom. The van der Waals surface area contributed by atoms with Crippen LogP contribution in [0.25, 0.3) is 0 Å². The Morgan fingerprint density at radius 2 is 1.89 bits per heavy atom. The highest BCUT2D eigenvalue weighted by atomic mass is 14.9. The molecule has 1 heteroatoms. The second-order valence-electron chi connectivity index (χ2n) is 7.53. The highest BCUT2D eigenvalue weighted by molar-refractivity contribution is 4.91. The summed E-state index contributed by atoms with van der Waals surface area (Å²) in [6, 6.07) is 0.747. The topological polar surface area (TPSA) is 12.0 Å². The zero-order valence-corrected chi connectivity index (χ0v) is 14.1. The Bertz CT molecular complexity index is 234. The van der Waals surface area contributed by atoms with E-state index in [-0.39, 0.29) is 0 Å². The van der Waals surface area contributed by atoms with Crippen molar-refractivity contribution in [2.75, 3.05) is 6.54 Å². The van der Waals surface area contributed by atoms with Gasteiger partial charge in [0.05, 0.1) is 0 Å². The average Bonchev–Trinajstić information content (AvgIpc) is 2.34. The lowest BCUT2D eigenvalue weighted by Gasteiger charge is -2.44. The summed E-state index contributed by atoms with van der Waals surface area (Å²) >= 11 is 0. The monoisotopic (exact) mass is 267 g/mol. The molecule has 0 aromatic carbocycles. The Morgan fingerprint density at radius 1 is 1.16 bits per heavy atom. The van der Waals surface area contributed by atoms with Gasteiger partial charge < -0.3 is 5.32 Å². The minimum atomic E-state index is 0.537. The quantitative estimate of drug-likeness (QED) is 0.621. The van der Waals surface area contributed by atoms with Crippen molar-refractivity contribution in [2.24, 2.45) is 17.3 Å². The van der Waals surface area contributed by atoms with E-state index in [0.717, 1.165) is 17.9 Å². The van der Waals surface area contributed by atoms with Crippen LogP contribution in [0.4, 0.5) is 0 Å². The number of nitrogens with one attached hydrogen (secondary N) is 1. The summed E-state index contributed by atoms with van der Waals surface area (Å²) in [4.78, 5) is 0. The largest absolute Gasteiger partial charge is 0.314 e. The van der Waals surface area contributed by atoms with E-state index in [0.29, 0.717) is 5.41 Å². The van der Waals surface area contributed by atoms with E-state index < -0.39 is 0 Å². The zero-order valence-electron chi connectivity index (χ0n) is 14.1. The lowest BCUT2D eigenvalue weighted by atomic mass is 9.64. The SMILES string of the molecule is CCCNC(CC(C)CCC)C1CCCCC1(C)C. The van der Waals surface area contributed by atoms with Crippen LogP contribution in [0.1, 0.15) is 86.0 Å². The van der Waals surface area contributed by atoms with E-state index in [1.54, 1.807) is 0 Å². The van der Waals surface area contributed by atoms with Gasteiger partial charge in [-0.05, 0) is 49.5 Å². The Labute approximate surface area is 121 Å². The van der Waals surface area contributed by atoms with Gasteiger partial charge in [0.1, 0.15) is 0 Å². The third kappa shape index (κ3) is 5.45. The molecular formula is C18H37N. The lowest BCUT2D eigenvalue weighted by Crippen LogP contribution is -2.45. The van der Waals surface area contributed by atoms with Crippen LogP contribution in [0.3, 0.4) is 0 Å². The van der Waals surface area contributed by atoms with Gasteiger partial charge >= 0.3 is 0 Å². The van der Waals surface area contributed by atoms with Gasteiger partial charge in [0, 0.05) is 6.04 Å². The summed E-state index contributed by atoms with van der Waals surface area (Å²) in [5, 5.41) is 3.88. The van der Waals surface area contributed by atoms with Crippen LogP contribution in [0.5, 0.6) is 0 Å². The molecule has 1 N–H and O–H groups in total. The number of rotatable bonds is 8. The predicted molar refractivity (Wildman–Crippen MR) is 86.5 cm³/mol. The second kappa shape index (κ2) is 8.29. The third-order valence-electron chi connectivity index (χ3n) is 5.17. The zero-order chi connectivity index (χ0) is 14.3. The summed E-state index contributed by atoms with van der Waals surface area (Å²) in [5.74, 6) is 1.75. The predicted octanol–water partition coefficient (Wildman–Crippen LogP) is 5.40. The average molecular weight is 268 g/mol. The fourth-order valence-electron chi connectivity index (χ4n) is 4.03. The minimum Gasteiger partial charge on any atom is -0.314 e. The van der Waals surface area contributed by atoms with Crippen LogP contribution >= 0.6 is 0 Å². The van der Waals surface area contributed by atoms with E-state index in [2.05, 4.69) is 39.9 Å². The van der Waals surface area contributed by atoms with Crippen LogP contribution in [0.15, 0.2) is 0 Å². The molecule has 1 fully saturated rings. The molecule has 19 heavy (non-hydrogen) atoms. The molecule has 0 aliphatic heterocycles. The Balaban J connectivity index is 2.65. The van der Waals surface area contributed by atoms with E-state index in [1.165, 1.54) is 57.9 Å². The Kier molecular flexibility index (Phi) is 7.42. The van der Waals surface area contributed by atoms with Crippen molar-refractivity contribution in [3.8, 4) is 0 Å². The highest BCUT2D eigenvalue weighted by Gasteiger charge is 2.37. The lowest BCUT2D eigenvalue weighted by molar-refractivity contribution is 0.0878. The summed E-state index contributed by atoms with van der Waals surface area (Å²) in [7, 11) is 0. The molecular weight excluding hydrogens is 230 g/mol. The molecule has 1 rings (SSSR count). The van der Waals surface area contributed by atoms with Crippen molar-refractivity contribution in [3.63, 3.8) is 0 Å². The van der Waals surface area contributed by atoms with Crippen molar-refractivity contribution in [1.82, 2.24) is 5.32 Å². The van der Waals surface area contributed by atoms with Crippen molar-refractivity contribution >= 4 is 0 Å². The van der Waals surface area contributed by atoms with Gasteiger partial charge in [0.15, 0.2) is 0 Å². The van der Waals surface area contributed by atoms with Gasteiger partial charge in [-0.15, -0.1) is 0 Å². The fourth-order valence-corrected chi connectivity index (χ4v) is 4.03. The maximum Gasteiger partial charge on any atom is 0.0103 e. The number of hydrogen-bond acceptors (Lipinski definition) is 1. The van der Waals surface area contributed by atoms with Crippen molar-refractivity contribution in [3.05, 3.63) is 0 Å². The molecule has 0 aromatic heterocycles. The molecule has 114 valence electrons. The van der Waals surface area contributed by atoms with Crippen molar-refractivity contribution in [2.45, 2.75) is 92.0 Å². The molecule has 0 aromatic rings. The molecule has 0 bridgehead atoms. The summed E-state index contributed by atoms with van der Waals surface area (Å²) in [5.41, 5.74) is 0.537. The van der Waals surface area contributed by atoms with E-state index >= 15 is 0 Å². The third-order valence-corrected chi connectivity index (χ3v) is 5.17. The van der Waals surface area contributed by atoms with Crippen LogP contribution in [-0.2, 0) is 0 Å². The van der Waals surface area contributed by atoms with E-state index in [9.17, 15) is 0 Å². The molecule has 0 radical (unpaired) electrons. The Hall–Kier alpha value is -0.0400. The summed E-state index contributed by atoms with van der Waals surface area (Å²) < 4.78 is 0. The minimum absolute atomic E-state index is 0.537. The van der Waals surface area contributed by atoms with Crippen LogP contribution in [0.2, 0.25) is 0 Å². The van der Waals surface area contributed by atoms with Gasteiger partial charge in [-0.2, -0.15) is 0 Å². The van der Waals surface area contributed by atoms with E-state index in [1.807, 2.05) is 0 Å². The van der Waals surface area contributed by atoms with Gasteiger partial charge in [0.2, 0.25) is 0 Å². The molecule has 3 unspecified atom stereocenters. The molecule has 1 nitrogen and oxygen atoms in total. The maximum atomic E-state index is 3.88. The highest BCUT2D eigenvalue weighted by Crippen LogP contribution is 2.43. The van der Waals surface area contributed by atoms with Gasteiger partial charge in [-0.3, -0.25) is 0 Å². The molecule has 3 atom stereocenters. The first-order chi connectivity index (χ1) is 9.01. The first kappa shape index (κ1) is 17.0. The van der Waals surface area contributed by atoms with Gasteiger partial charge in [-0.1, -0.05) is 60.3 Å². The van der Waals surface area contributed by atoms with Gasteiger partial charge in [-0.25, -0.2) is 0 Å². The molecule has 0 heterocycles. The fraction of sp³-hybridized carbons (Fsp3) is 1.00. The first-order valence-electron chi connectivity index (χ1n) is 8.74. The maximum absolute atomic E-state index is 3.88. The summed E-state index contributed by atoms with van der Waals surface area (Å²) in [6.07, 6.45) is 11.1. The first-order valence-corrected chi connectivity index (χ1v) is 8.74. The smallest absolute Gasteiger partial charge is 0.0103 e. The van der Waals surface area contributed by atoms with E-state index in [4.69, 9.17) is 0 Å². The van der Waals surface area contributed by atoms with Crippen LogP contribution < -0.4 is 5.32 Å². The van der Waals surface area contributed by atoms with Crippen LogP contribution in [-0.4, -0.2) is 12.6 Å². The molecule has 1 aliphatic carbocycles. The molecule has 1 aliphatic rings. The van der Waals surface area contributed by atoms with Gasteiger partial charge in [0.25, 0.3) is 0 Å². The van der Waals surface area contributed by atoms with Crippen molar-refractivity contribution in [1.29, 1.82) is 0 Å². The molecule has 0 saturated heterocycles. The molecule has 1 saturated carbocycles. The second-order valence-corrected chi connectivity index (χ2v) is 7.53. The normalized spacial score (nSPS) is 26.1.